The molecule has 0 atom stereocenters. The molecule has 0 N–H and O–H groups in total. The van der Waals surface area contributed by atoms with Crippen LogP contribution in [0.1, 0.15) is 47.5 Å². The molecule has 0 unspecified atom stereocenters. The maximum Gasteiger partial charge on any atom is 0.333 e. The van der Waals surface area contributed by atoms with Gasteiger partial charge in [-0.3, -0.25) is 4.79 Å². The van der Waals surface area contributed by atoms with Crippen LogP contribution in [0.5, 0.6) is 17.2 Å². The number of carbonyl (C=O) groups is 3. The van der Waals surface area contributed by atoms with Gasteiger partial charge in [0.2, 0.25) is 0 Å². The summed E-state index contributed by atoms with van der Waals surface area (Å²) in [4.78, 5) is 38.1. The molecule has 1 aliphatic rings. The molecule has 0 bridgehead atoms. The molecule has 11 heteroatoms. The smallest absolute Gasteiger partial charge is 0.333 e. The quantitative estimate of drug-likeness (QED) is 0.0440. The summed E-state index contributed by atoms with van der Waals surface area (Å²) in [7, 11) is 0. The predicted molar refractivity (Wildman–Crippen MR) is 201 cm³/mol. The highest BCUT2D eigenvalue weighted by Crippen LogP contribution is 2.44. The van der Waals surface area contributed by atoms with E-state index in [-0.39, 0.29) is 26.4 Å². The van der Waals surface area contributed by atoms with E-state index in [1.54, 1.807) is 32.5 Å². The fraction of sp³-hybridized carbons (Fsp3) is 0.390. The molecule has 1 saturated heterocycles. The Balaban J connectivity index is 1.59. The molecular weight excluding hydrogens is 685 g/mol. The first-order chi connectivity index (χ1) is 24.7. The number of hydrogen-bond acceptors (Lipinski definition) is 11. The molecule has 0 aliphatic carbocycles. The number of thioether (sulfide) groups is 1. The molecule has 52 heavy (non-hydrogen) atoms. The van der Waals surface area contributed by atoms with Crippen LogP contribution in [0.4, 0.5) is 0 Å². The molecule has 4 rings (SSSR count). The molecule has 0 radical (unpaired) electrons. The molecule has 1 fully saturated rings. The van der Waals surface area contributed by atoms with Crippen LogP contribution in [0.25, 0.3) is 22.3 Å². The molecule has 0 aromatic heterocycles. The van der Waals surface area contributed by atoms with E-state index in [0.717, 1.165) is 27.1 Å². The lowest BCUT2D eigenvalue weighted by atomic mass is 9.91. The minimum absolute atomic E-state index is 0.142. The van der Waals surface area contributed by atoms with Gasteiger partial charge in [0.15, 0.2) is 5.79 Å². The van der Waals surface area contributed by atoms with Crippen LogP contribution in [-0.4, -0.2) is 69.6 Å². The number of benzene rings is 3. The number of ether oxygens (including phenoxy) is 7. The normalized spacial score (nSPS) is 14.5. The fourth-order valence-electron chi connectivity index (χ4n) is 4.88. The van der Waals surface area contributed by atoms with Gasteiger partial charge in [-0.2, -0.15) is 0 Å². The molecular formula is C41H48O10S. The largest absolute Gasteiger partial charge is 0.493 e. The van der Waals surface area contributed by atoms with Gasteiger partial charge in [-0.15, -0.1) is 11.8 Å². The van der Waals surface area contributed by atoms with Gasteiger partial charge >= 0.3 is 17.9 Å². The SMILES string of the molecule is C=C(C)C(=O)OCCCOc1ccc(-c2cc(SC)cc(-c3ccc(OCCCOC(=O)C(=C)C)cc3)c2OC(=O)C2(C)COC(C)(C)OC2)cc1. The van der Waals surface area contributed by atoms with Gasteiger partial charge in [0.1, 0.15) is 22.7 Å². The molecule has 0 amide bonds. The molecule has 3 aromatic carbocycles. The highest BCUT2D eigenvalue weighted by molar-refractivity contribution is 7.98. The van der Waals surface area contributed by atoms with Crippen LogP contribution < -0.4 is 14.2 Å². The van der Waals surface area contributed by atoms with Gasteiger partial charge < -0.3 is 33.2 Å². The molecule has 0 saturated carbocycles. The standard InChI is InChI=1S/C41H48O10S/c1-27(2)37(42)47-21-9-19-45-31-15-11-29(12-16-31)34-23-33(52-8)24-35(36(34)51-39(44)41(7)25-49-40(5,6)50-26-41)30-13-17-32(18-14-30)46-20-10-22-48-38(43)28(3)4/h11-18,23-24H,1,3,9-10,19-22,25-26H2,2,4-8H3. The zero-order valence-electron chi connectivity index (χ0n) is 30.8. The molecule has 1 heterocycles. The lowest BCUT2D eigenvalue weighted by molar-refractivity contribution is -0.279. The molecule has 278 valence electrons. The number of hydrogen-bond donors (Lipinski definition) is 0. The van der Waals surface area contributed by atoms with Crippen molar-refractivity contribution in [3.05, 3.63) is 85.0 Å². The van der Waals surface area contributed by atoms with E-state index < -0.39 is 29.1 Å². The van der Waals surface area contributed by atoms with E-state index in [1.165, 1.54) is 0 Å². The van der Waals surface area contributed by atoms with Gasteiger partial charge in [0.05, 0.1) is 39.6 Å². The highest BCUT2D eigenvalue weighted by atomic mass is 32.2. The summed E-state index contributed by atoms with van der Waals surface area (Å²) in [6.45, 7) is 17.2. The van der Waals surface area contributed by atoms with Crippen molar-refractivity contribution in [1.29, 1.82) is 0 Å². The van der Waals surface area contributed by atoms with Gasteiger partial charge in [-0.25, -0.2) is 9.59 Å². The molecule has 10 nitrogen and oxygen atoms in total. The van der Waals surface area contributed by atoms with Crippen LogP contribution in [0.3, 0.4) is 0 Å². The van der Waals surface area contributed by atoms with E-state index in [4.69, 9.17) is 33.2 Å². The third-order valence-electron chi connectivity index (χ3n) is 8.07. The summed E-state index contributed by atoms with van der Waals surface area (Å²) < 4.78 is 40.1. The Morgan fingerprint density at radius 2 is 1.13 bits per heavy atom. The monoisotopic (exact) mass is 732 g/mol. The van der Waals surface area contributed by atoms with Crippen LogP contribution in [0, 0.1) is 5.41 Å². The Bertz CT molecular complexity index is 1630. The Morgan fingerprint density at radius 3 is 1.52 bits per heavy atom. The molecule has 0 spiro atoms. The summed E-state index contributed by atoms with van der Waals surface area (Å²) in [5.41, 5.74) is 2.75. The Labute approximate surface area is 310 Å². The highest BCUT2D eigenvalue weighted by Gasteiger charge is 2.44. The van der Waals surface area contributed by atoms with Gasteiger partial charge in [-0.05, 0) is 88.4 Å². The van der Waals surface area contributed by atoms with Crippen molar-refractivity contribution in [2.24, 2.45) is 5.41 Å². The third-order valence-corrected chi connectivity index (χ3v) is 8.78. The summed E-state index contributed by atoms with van der Waals surface area (Å²) >= 11 is 1.57. The van der Waals surface area contributed by atoms with Crippen LogP contribution >= 0.6 is 11.8 Å². The minimum Gasteiger partial charge on any atom is -0.493 e. The number of rotatable bonds is 17. The second kappa shape index (κ2) is 18.3. The zero-order valence-corrected chi connectivity index (χ0v) is 31.7. The summed E-state index contributed by atoms with van der Waals surface area (Å²) in [5.74, 6) is -0.426. The van der Waals surface area contributed by atoms with Crippen molar-refractivity contribution >= 4 is 29.7 Å². The van der Waals surface area contributed by atoms with Gasteiger partial charge in [0.25, 0.3) is 0 Å². The second-order valence-corrected chi connectivity index (χ2v) is 14.1. The first kappa shape index (κ1) is 40.2. The lowest BCUT2D eigenvalue weighted by Gasteiger charge is -2.39. The van der Waals surface area contributed by atoms with E-state index in [9.17, 15) is 14.4 Å². The van der Waals surface area contributed by atoms with E-state index in [1.807, 2.05) is 80.8 Å². The van der Waals surface area contributed by atoms with E-state index in [2.05, 4.69) is 13.2 Å². The van der Waals surface area contributed by atoms with E-state index >= 15 is 0 Å². The van der Waals surface area contributed by atoms with Crippen LogP contribution in [-0.2, 0) is 33.3 Å². The van der Waals surface area contributed by atoms with Crippen LogP contribution in [0.2, 0.25) is 0 Å². The number of carbonyl (C=O) groups excluding carboxylic acids is 3. The van der Waals surface area contributed by atoms with Gasteiger partial charge in [0, 0.05) is 40.0 Å². The van der Waals surface area contributed by atoms with Crippen molar-refractivity contribution < 1.29 is 47.5 Å². The third kappa shape index (κ3) is 11.2. The number of esters is 3. The summed E-state index contributed by atoms with van der Waals surface area (Å²) in [6.07, 6.45) is 3.04. The maximum absolute atomic E-state index is 13.9. The summed E-state index contributed by atoms with van der Waals surface area (Å²) in [6, 6.07) is 19.1. The zero-order chi connectivity index (χ0) is 37.9. The first-order valence-electron chi connectivity index (χ1n) is 17.1. The van der Waals surface area contributed by atoms with Crippen molar-refractivity contribution in [2.45, 2.75) is 58.1 Å². The fourth-order valence-corrected chi connectivity index (χ4v) is 5.35. The Kier molecular flexibility index (Phi) is 14.1. The Hall–Kier alpha value is -4.58. The lowest BCUT2D eigenvalue weighted by Crippen LogP contribution is -2.50. The molecule has 3 aromatic rings. The van der Waals surface area contributed by atoms with Gasteiger partial charge in [-0.1, -0.05) is 37.4 Å². The average Bonchev–Trinajstić information content (AvgIpc) is 3.13. The Morgan fingerprint density at radius 1 is 0.712 bits per heavy atom. The second-order valence-electron chi connectivity index (χ2n) is 13.3. The van der Waals surface area contributed by atoms with E-state index in [0.29, 0.717) is 54.5 Å². The first-order valence-corrected chi connectivity index (χ1v) is 18.3. The summed E-state index contributed by atoms with van der Waals surface area (Å²) in [5, 5.41) is 0. The maximum atomic E-state index is 13.9. The topological polar surface area (TPSA) is 116 Å². The van der Waals surface area contributed by atoms with Crippen LogP contribution in [0.15, 0.2) is 89.9 Å². The van der Waals surface area contributed by atoms with Crippen molar-refractivity contribution in [3.63, 3.8) is 0 Å². The van der Waals surface area contributed by atoms with Crippen molar-refractivity contribution in [2.75, 3.05) is 45.9 Å². The predicted octanol–water partition coefficient (Wildman–Crippen LogP) is 8.21. The molecule has 1 aliphatic heterocycles. The minimum atomic E-state index is -1.03. The average molecular weight is 733 g/mol. The van der Waals surface area contributed by atoms with Crippen molar-refractivity contribution in [1.82, 2.24) is 0 Å². The van der Waals surface area contributed by atoms with Crippen molar-refractivity contribution in [3.8, 4) is 39.5 Å².